The van der Waals surface area contributed by atoms with Gasteiger partial charge in [0.2, 0.25) is 0 Å². The summed E-state index contributed by atoms with van der Waals surface area (Å²) in [5.74, 6) is 0.0142. The zero-order valence-corrected chi connectivity index (χ0v) is 20.5. The van der Waals surface area contributed by atoms with E-state index in [0.717, 1.165) is 16.7 Å². The van der Waals surface area contributed by atoms with E-state index in [1.807, 2.05) is 59.8 Å². The normalized spacial score (nSPS) is 14.5. The number of benzene rings is 1. The van der Waals surface area contributed by atoms with Crippen LogP contribution in [0.15, 0.2) is 50.2 Å². The summed E-state index contributed by atoms with van der Waals surface area (Å²) in [6.45, 7) is 11.8. The van der Waals surface area contributed by atoms with Gasteiger partial charge in [0, 0.05) is 23.6 Å². The summed E-state index contributed by atoms with van der Waals surface area (Å²) in [4.78, 5) is 27.0. The van der Waals surface area contributed by atoms with Crippen LogP contribution in [0.2, 0.25) is 0 Å². The Morgan fingerprint density at radius 3 is 2.06 bits per heavy atom. The van der Waals surface area contributed by atoms with E-state index in [-0.39, 0.29) is 46.5 Å². The molecule has 0 spiro atoms. The Kier molecular flexibility index (Phi) is 7.01. The van der Waals surface area contributed by atoms with Gasteiger partial charge in [0.25, 0.3) is 0 Å². The zero-order valence-electron chi connectivity index (χ0n) is 20.5. The number of phenols is 2. The molecule has 0 atom stereocenters. The Labute approximate surface area is 195 Å². The quantitative estimate of drug-likeness (QED) is 0.513. The second kappa shape index (κ2) is 9.42. The van der Waals surface area contributed by atoms with E-state index in [1.165, 1.54) is 6.07 Å². The zero-order chi connectivity index (χ0) is 24.5. The number of rotatable bonds is 6. The summed E-state index contributed by atoms with van der Waals surface area (Å²) in [5.41, 5.74) is 2.72. The molecule has 0 fully saturated rings. The largest absolute Gasteiger partial charge is 0.507 e. The third-order valence-electron chi connectivity index (χ3n) is 6.34. The van der Waals surface area contributed by atoms with Gasteiger partial charge in [-0.05, 0) is 67.2 Å². The first-order valence-corrected chi connectivity index (χ1v) is 11.4. The fourth-order valence-electron chi connectivity index (χ4n) is 4.38. The van der Waals surface area contributed by atoms with Crippen LogP contribution in [0, 0.1) is 0 Å². The molecule has 0 saturated heterocycles. The lowest BCUT2D eigenvalue weighted by atomic mass is 9.67. The monoisotopic (exact) mass is 450 g/mol. The molecule has 2 N–H and O–H groups in total. The summed E-state index contributed by atoms with van der Waals surface area (Å²) in [6.07, 6.45) is 7.58. The predicted molar refractivity (Wildman–Crippen MR) is 132 cm³/mol. The predicted octanol–water partition coefficient (Wildman–Crippen LogP) is 6.18. The maximum Gasteiger partial charge on any atom is 0.199 e. The molecule has 1 heterocycles. The van der Waals surface area contributed by atoms with Gasteiger partial charge in [-0.25, -0.2) is 0 Å². The van der Waals surface area contributed by atoms with Crippen LogP contribution in [-0.2, 0) is 23.1 Å². The molecule has 1 aromatic heterocycles. The second-order valence-corrected chi connectivity index (χ2v) is 9.80. The van der Waals surface area contributed by atoms with Gasteiger partial charge in [-0.3, -0.25) is 9.59 Å². The van der Waals surface area contributed by atoms with Crippen LogP contribution >= 0.6 is 0 Å². The molecular formula is C28H34O5. The minimum Gasteiger partial charge on any atom is -0.507 e. The van der Waals surface area contributed by atoms with E-state index in [1.54, 1.807) is 0 Å². The summed E-state index contributed by atoms with van der Waals surface area (Å²) in [5, 5.41) is 21.6. The average Bonchev–Trinajstić information content (AvgIpc) is 2.71. The van der Waals surface area contributed by atoms with Gasteiger partial charge in [0.05, 0.1) is 5.41 Å². The second-order valence-electron chi connectivity index (χ2n) is 9.80. The summed E-state index contributed by atoms with van der Waals surface area (Å²) in [7, 11) is 0. The number of allylic oxidation sites excluding steroid dienone is 6. The smallest absolute Gasteiger partial charge is 0.199 e. The number of phenolic OH excluding ortho intramolecular Hbond substituents is 2. The van der Waals surface area contributed by atoms with Crippen molar-refractivity contribution in [2.75, 3.05) is 0 Å². The van der Waals surface area contributed by atoms with Crippen molar-refractivity contribution in [1.29, 1.82) is 0 Å². The molecule has 3 rings (SSSR count). The van der Waals surface area contributed by atoms with Crippen molar-refractivity contribution >= 4 is 16.8 Å². The molecule has 0 aliphatic heterocycles. The fourth-order valence-corrected chi connectivity index (χ4v) is 4.38. The summed E-state index contributed by atoms with van der Waals surface area (Å²) < 4.78 is 6.24. The van der Waals surface area contributed by atoms with E-state index in [9.17, 15) is 19.8 Å². The van der Waals surface area contributed by atoms with Crippen molar-refractivity contribution in [2.24, 2.45) is 0 Å². The molecular weight excluding hydrogens is 416 g/mol. The maximum absolute atomic E-state index is 13.6. The van der Waals surface area contributed by atoms with Gasteiger partial charge in [0.1, 0.15) is 34.0 Å². The number of ketones is 1. The van der Waals surface area contributed by atoms with Gasteiger partial charge in [0.15, 0.2) is 5.43 Å². The van der Waals surface area contributed by atoms with E-state index >= 15 is 0 Å². The molecule has 5 heteroatoms. The van der Waals surface area contributed by atoms with Crippen LogP contribution in [0.1, 0.15) is 77.7 Å². The van der Waals surface area contributed by atoms with Crippen molar-refractivity contribution in [3.05, 3.63) is 68.1 Å². The van der Waals surface area contributed by atoms with Gasteiger partial charge >= 0.3 is 0 Å². The minimum atomic E-state index is -0.985. The van der Waals surface area contributed by atoms with Crippen LogP contribution in [0.3, 0.4) is 0 Å². The van der Waals surface area contributed by atoms with Crippen molar-refractivity contribution in [3.63, 3.8) is 0 Å². The van der Waals surface area contributed by atoms with Gasteiger partial charge in [-0.15, -0.1) is 0 Å². The molecule has 0 unspecified atom stereocenters. The van der Waals surface area contributed by atoms with E-state index < -0.39 is 5.41 Å². The third kappa shape index (κ3) is 4.68. The van der Waals surface area contributed by atoms with Crippen LogP contribution in [0.5, 0.6) is 11.5 Å². The van der Waals surface area contributed by atoms with Crippen molar-refractivity contribution in [3.8, 4) is 11.5 Å². The molecule has 0 bridgehead atoms. The maximum atomic E-state index is 13.6. The van der Waals surface area contributed by atoms with Crippen molar-refractivity contribution < 1.29 is 19.4 Å². The lowest BCUT2D eigenvalue weighted by Gasteiger charge is -2.35. The Balaban J connectivity index is 2.34. The summed E-state index contributed by atoms with van der Waals surface area (Å²) in [6, 6.07) is 1.39. The lowest BCUT2D eigenvalue weighted by molar-refractivity contribution is -0.125. The number of carbonyl (C=O) groups excluding carboxylic acids is 1. The van der Waals surface area contributed by atoms with Crippen LogP contribution in [-0.4, -0.2) is 16.0 Å². The first-order valence-electron chi connectivity index (χ1n) is 11.4. The Morgan fingerprint density at radius 1 is 0.939 bits per heavy atom. The van der Waals surface area contributed by atoms with E-state index in [0.29, 0.717) is 36.1 Å². The molecule has 0 amide bonds. The van der Waals surface area contributed by atoms with E-state index in [4.69, 9.17) is 4.42 Å². The van der Waals surface area contributed by atoms with Crippen molar-refractivity contribution in [1.82, 2.24) is 0 Å². The molecule has 0 saturated carbocycles. The number of hydrogen-bond donors (Lipinski definition) is 2. The molecule has 1 aliphatic carbocycles. The molecule has 2 aromatic rings. The van der Waals surface area contributed by atoms with Crippen LogP contribution in [0.4, 0.5) is 0 Å². The Morgan fingerprint density at radius 2 is 1.52 bits per heavy atom. The first kappa shape index (κ1) is 24.6. The fraction of sp³-hybridized carbons (Fsp3) is 0.429. The number of aromatic hydroxyl groups is 2. The number of fused-ring (bicyclic) bond motifs is 2. The van der Waals surface area contributed by atoms with Gasteiger partial charge in [-0.2, -0.15) is 0 Å². The minimum absolute atomic E-state index is 0.0427. The highest BCUT2D eigenvalue weighted by Crippen LogP contribution is 2.44. The molecule has 0 radical (unpaired) electrons. The highest BCUT2D eigenvalue weighted by atomic mass is 16.3. The third-order valence-corrected chi connectivity index (χ3v) is 6.34. The SMILES string of the molecule is CC(C)=CCc1c(O)cc2oc3c(c(=O)c2c1O)CCC(=O)C3(CC=C(C)C)CC=C(C)C. The molecule has 1 aromatic carbocycles. The molecule has 5 nitrogen and oxygen atoms in total. The average molecular weight is 451 g/mol. The van der Waals surface area contributed by atoms with Gasteiger partial charge < -0.3 is 14.6 Å². The van der Waals surface area contributed by atoms with Crippen LogP contribution in [0.25, 0.3) is 11.0 Å². The van der Waals surface area contributed by atoms with Crippen molar-refractivity contribution in [2.45, 2.75) is 79.1 Å². The van der Waals surface area contributed by atoms with Crippen LogP contribution < -0.4 is 5.43 Å². The number of hydrogen-bond acceptors (Lipinski definition) is 5. The molecule has 33 heavy (non-hydrogen) atoms. The standard InChI is InChI=1S/C28H34O5/c1-16(2)7-8-19-21(29)15-22-24(25(19)31)26(32)20-9-10-23(30)28(27(20)33-22,13-11-17(3)4)14-12-18(5)6/h7,11-12,15,29,31H,8-10,13-14H2,1-6H3. The molecule has 1 aliphatic rings. The summed E-state index contributed by atoms with van der Waals surface area (Å²) >= 11 is 0. The Bertz CT molecular complexity index is 1220. The number of Topliss-reactive ketones (excluding diaryl/α,β-unsaturated/α-hetero) is 1. The first-order chi connectivity index (χ1) is 15.5. The highest BCUT2D eigenvalue weighted by Gasteiger charge is 2.46. The lowest BCUT2D eigenvalue weighted by Crippen LogP contribution is -2.41. The topological polar surface area (TPSA) is 87.7 Å². The van der Waals surface area contributed by atoms with Gasteiger partial charge in [-0.1, -0.05) is 34.9 Å². The number of carbonyl (C=O) groups is 1. The Hall–Kier alpha value is -3.08. The molecule has 176 valence electrons. The van der Waals surface area contributed by atoms with E-state index in [2.05, 4.69) is 0 Å². The highest BCUT2D eigenvalue weighted by molar-refractivity contribution is 5.94.